The molecule has 0 aliphatic carbocycles. The fourth-order valence-electron chi connectivity index (χ4n) is 1.38. The minimum atomic E-state index is -0.980. The third-order valence-corrected chi connectivity index (χ3v) is 3.06. The molecule has 1 unspecified atom stereocenters. The standard InChI is InChI=1S/C12H25N3O4/c1-4-12(2,10(13)15-17)11(16)14-6-5-7-19-9-8-18-3/h17H,4-9H2,1-3H3,(H2,13,15)(H,14,16). The Morgan fingerprint density at radius 3 is 2.63 bits per heavy atom. The van der Waals surface area contributed by atoms with Crippen LogP contribution in [0.25, 0.3) is 0 Å². The van der Waals surface area contributed by atoms with Crippen molar-refractivity contribution in [1.29, 1.82) is 0 Å². The lowest BCUT2D eigenvalue weighted by molar-refractivity contribution is -0.127. The number of ether oxygens (including phenoxy) is 2. The number of rotatable bonds is 10. The Labute approximate surface area is 114 Å². The van der Waals surface area contributed by atoms with Crippen molar-refractivity contribution in [1.82, 2.24) is 5.32 Å². The lowest BCUT2D eigenvalue weighted by Gasteiger charge is -2.25. The molecule has 0 bridgehead atoms. The zero-order valence-corrected chi connectivity index (χ0v) is 11.9. The van der Waals surface area contributed by atoms with Gasteiger partial charge in [-0.1, -0.05) is 12.1 Å². The summed E-state index contributed by atoms with van der Waals surface area (Å²) in [7, 11) is 1.61. The summed E-state index contributed by atoms with van der Waals surface area (Å²) in [5, 5.41) is 14.4. The molecule has 0 rings (SSSR count). The van der Waals surface area contributed by atoms with E-state index < -0.39 is 5.41 Å². The van der Waals surface area contributed by atoms with E-state index in [1.165, 1.54) is 0 Å². The zero-order valence-electron chi connectivity index (χ0n) is 11.9. The van der Waals surface area contributed by atoms with Gasteiger partial charge in [0.05, 0.1) is 13.2 Å². The van der Waals surface area contributed by atoms with Crippen LogP contribution < -0.4 is 11.1 Å². The van der Waals surface area contributed by atoms with Crippen LogP contribution in [-0.2, 0) is 14.3 Å². The third-order valence-electron chi connectivity index (χ3n) is 3.06. The van der Waals surface area contributed by atoms with Crippen molar-refractivity contribution in [3.8, 4) is 0 Å². The highest BCUT2D eigenvalue weighted by atomic mass is 16.5. The lowest BCUT2D eigenvalue weighted by Crippen LogP contribution is -2.47. The molecule has 7 heteroatoms. The smallest absolute Gasteiger partial charge is 0.233 e. The molecule has 112 valence electrons. The second-order valence-corrected chi connectivity index (χ2v) is 4.39. The van der Waals surface area contributed by atoms with Crippen molar-refractivity contribution >= 4 is 11.7 Å². The number of methoxy groups -OCH3 is 1. The minimum absolute atomic E-state index is 0.0798. The molecule has 19 heavy (non-hydrogen) atoms. The fraction of sp³-hybridized carbons (Fsp3) is 0.833. The number of oxime groups is 1. The summed E-state index contributed by atoms with van der Waals surface area (Å²) in [5.41, 5.74) is 4.57. The van der Waals surface area contributed by atoms with Crippen LogP contribution in [0.15, 0.2) is 5.16 Å². The first-order chi connectivity index (χ1) is 9.02. The van der Waals surface area contributed by atoms with Gasteiger partial charge in [-0.3, -0.25) is 4.79 Å². The highest BCUT2D eigenvalue weighted by Crippen LogP contribution is 2.21. The number of amides is 1. The highest BCUT2D eigenvalue weighted by Gasteiger charge is 2.35. The molecule has 1 amide bonds. The van der Waals surface area contributed by atoms with E-state index in [0.717, 1.165) is 0 Å². The first-order valence-electron chi connectivity index (χ1n) is 6.35. The predicted molar refractivity (Wildman–Crippen MR) is 72.1 cm³/mol. The van der Waals surface area contributed by atoms with E-state index in [1.807, 2.05) is 6.92 Å². The van der Waals surface area contributed by atoms with Crippen molar-refractivity contribution in [2.75, 3.05) is 33.5 Å². The molecule has 0 aliphatic rings. The molecule has 4 N–H and O–H groups in total. The summed E-state index contributed by atoms with van der Waals surface area (Å²) < 4.78 is 10.1. The Kier molecular flexibility index (Phi) is 8.90. The summed E-state index contributed by atoms with van der Waals surface area (Å²) >= 11 is 0. The van der Waals surface area contributed by atoms with Gasteiger partial charge in [-0.15, -0.1) is 0 Å². The molecule has 0 aromatic carbocycles. The first kappa shape index (κ1) is 17.7. The largest absolute Gasteiger partial charge is 0.409 e. The van der Waals surface area contributed by atoms with E-state index in [9.17, 15) is 4.79 Å². The summed E-state index contributed by atoms with van der Waals surface area (Å²) in [6.45, 7) is 5.60. The van der Waals surface area contributed by atoms with Gasteiger partial charge in [0, 0.05) is 20.3 Å². The summed E-state index contributed by atoms with van der Waals surface area (Å²) in [4.78, 5) is 12.0. The van der Waals surface area contributed by atoms with E-state index in [4.69, 9.17) is 20.4 Å². The summed E-state index contributed by atoms with van der Waals surface area (Å²) in [6, 6.07) is 0. The normalized spacial score (nSPS) is 15.0. The van der Waals surface area contributed by atoms with Crippen LogP contribution in [-0.4, -0.2) is 50.4 Å². The van der Waals surface area contributed by atoms with E-state index in [-0.39, 0.29) is 11.7 Å². The number of hydrogen-bond acceptors (Lipinski definition) is 5. The highest BCUT2D eigenvalue weighted by molar-refractivity contribution is 6.06. The van der Waals surface area contributed by atoms with Gasteiger partial charge < -0.3 is 25.7 Å². The van der Waals surface area contributed by atoms with Crippen LogP contribution in [0.5, 0.6) is 0 Å². The predicted octanol–water partition coefficient (Wildman–Crippen LogP) is 0.318. The van der Waals surface area contributed by atoms with Gasteiger partial charge in [-0.05, 0) is 19.8 Å². The molecule has 7 nitrogen and oxygen atoms in total. The van der Waals surface area contributed by atoms with Gasteiger partial charge in [-0.25, -0.2) is 0 Å². The van der Waals surface area contributed by atoms with Gasteiger partial charge in [0.15, 0.2) is 5.84 Å². The van der Waals surface area contributed by atoms with Gasteiger partial charge in [0.2, 0.25) is 5.91 Å². The van der Waals surface area contributed by atoms with Gasteiger partial charge in [0.25, 0.3) is 0 Å². The fourth-order valence-corrected chi connectivity index (χ4v) is 1.38. The molecule has 0 aliphatic heterocycles. The topological polar surface area (TPSA) is 106 Å². The molecule has 0 saturated carbocycles. The molecule has 0 radical (unpaired) electrons. The van der Waals surface area contributed by atoms with Gasteiger partial charge >= 0.3 is 0 Å². The van der Waals surface area contributed by atoms with Crippen LogP contribution in [0, 0.1) is 5.41 Å². The number of carbonyl (C=O) groups excluding carboxylic acids is 1. The monoisotopic (exact) mass is 275 g/mol. The van der Waals surface area contributed by atoms with E-state index >= 15 is 0 Å². The maximum absolute atomic E-state index is 12.0. The van der Waals surface area contributed by atoms with E-state index in [0.29, 0.717) is 39.2 Å². The lowest BCUT2D eigenvalue weighted by atomic mass is 9.85. The number of carbonyl (C=O) groups is 1. The van der Waals surface area contributed by atoms with Crippen LogP contribution in [0.1, 0.15) is 26.7 Å². The van der Waals surface area contributed by atoms with Crippen molar-refractivity contribution in [3.63, 3.8) is 0 Å². The number of nitrogens with zero attached hydrogens (tertiary/aromatic N) is 1. The number of hydrogen-bond donors (Lipinski definition) is 3. The Hall–Kier alpha value is -1.34. The molecule has 0 aromatic rings. The van der Waals surface area contributed by atoms with Crippen LogP contribution in [0.3, 0.4) is 0 Å². The summed E-state index contributed by atoms with van der Waals surface area (Å²) in [6.07, 6.45) is 1.16. The van der Waals surface area contributed by atoms with E-state index in [2.05, 4.69) is 10.5 Å². The maximum atomic E-state index is 12.0. The van der Waals surface area contributed by atoms with Crippen molar-refractivity contribution in [2.45, 2.75) is 26.7 Å². The second kappa shape index (κ2) is 9.57. The molecule has 1 atom stereocenters. The van der Waals surface area contributed by atoms with Crippen LogP contribution in [0.4, 0.5) is 0 Å². The molecule has 0 heterocycles. The van der Waals surface area contributed by atoms with Gasteiger partial charge in [-0.2, -0.15) is 0 Å². The average molecular weight is 275 g/mol. The second-order valence-electron chi connectivity index (χ2n) is 4.39. The Morgan fingerprint density at radius 2 is 2.11 bits per heavy atom. The van der Waals surface area contributed by atoms with Crippen molar-refractivity contribution in [2.24, 2.45) is 16.3 Å². The summed E-state index contributed by atoms with van der Waals surface area (Å²) in [5.74, 6) is -0.328. The number of amidine groups is 1. The Bertz CT molecular complexity index is 297. The average Bonchev–Trinajstić information content (AvgIpc) is 2.44. The zero-order chi connectivity index (χ0) is 14.7. The molecular formula is C12H25N3O4. The first-order valence-corrected chi connectivity index (χ1v) is 6.35. The number of nitrogens with one attached hydrogen (secondary N) is 1. The van der Waals surface area contributed by atoms with Crippen molar-refractivity contribution in [3.05, 3.63) is 0 Å². The molecular weight excluding hydrogens is 250 g/mol. The molecule has 0 fully saturated rings. The minimum Gasteiger partial charge on any atom is -0.409 e. The number of nitrogens with two attached hydrogens (primary N) is 1. The van der Waals surface area contributed by atoms with Crippen LogP contribution >= 0.6 is 0 Å². The molecule has 0 saturated heterocycles. The maximum Gasteiger partial charge on any atom is 0.233 e. The van der Waals surface area contributed by atoms with Gasteiger partial charge in [0.1, 0.15) is 5.41 Å². The van der Waals surface area contributed by atoms with Crippen molar-refractivity contribution < 1.29 is 19.5 Å². The third kappa shape index (κ3) is 5.89. The Morgan fingerprint density at radius 1 is 1.42 bits per heavy atom. The van der Waals surface area contributed by atoms with Crippen LogP contribution in [0.2, 0.25) is 0 Å². The quantitative estimate of drug-likeness (QED) is 0.175. The molecule has 0 spiro atoms. The SMILES string of the molecule is CCC(C)(C(=O)NCCCOCCOC)C(N)=NO. The Balaban J connectivity index is 3.96. The molecule has 0 aromatic heterocycles. The van der Waals surface area contributed by atoms with E-state index in [1.54, 1.807) is 14.0 Å².